The van der Waals surface area contributed by atoms with Crippen LogP contribution >= 0.6 is 0 Å². The Morgan fingerprint density at radius 2 is 1.77 bits per heavy atom. The van der Waals surface area contributed by atoms with Crippen LogP contribution in [0.4, 0.5) is 10.3 Å². The second-order valence-corrected chi connectivity index (χ2v) is 7.29. The Balaban J connectivity index is 1.74. The lowest BCUT2D eigenvalue weighted by Gasteiger charge is -2.19. The van der Waals surface area contributed by atoms with Crippen LogP contribution in [0.5, 0.6) is 0 Å². The summed E-state index contributed by atoms with van der Waals surface area (Å²) < 4.78 is 14.5. The highest BCUT2D eigenvalue weighted by molar-refractivity contribution is 5.91. The molecule has 0 aliphatic heterocycles. The fourth-order valence-electron chi connectivity index (χ4n) is 3.41. The van der Waals surface area contributed by atoms with Gasteiger partial charge in [-0.15, -0.1) is 0 Å². The van der Waals surface area contributed by atoms with Crippen LogP contribution in [-0.4, -0.2) is 25.5 Å². The predicted molar refractivity (Wildman–Crippen MR) is 115 cm³/mol. The molecule has 158 valence electrons. The number of aryl methyl sites for hydroxylation is 1. The van der Waals surface area contributed by atoms with Crippen LogP contribution in [0.15, 0.2) is 59.4 Å². The summed E-state index contributed by atoms with van der Waals surface area (Å²) >= 11 is 0. The molecule has 7 nitrogen and oxygen atoms in total. The third-order valence-electron chi connectivity index (χ3n) is 5.12. The number of aromatic nitrogens is 4. The number of rotatable bonds is 6. The topological polar surface area (TPSA) is 83.4 Å². The molecule has 2 aromatic carbocycles. The number of carbonyl (C=O) groups excluding carboxylic acids is 1. The van der Waals surface area contributed by atoms with Crippen LogP contribution in [-0.2, 0) is 17.8 Å². The molecule has 4 rings (SSSR count). The highest BCUT2D eigenvalue weighted by atomic mass is 19.1. The van der Waals surface area contributed by atoms with E-state index in [1.54, 1.807) is 26.0 Å². The lowest BCUT2D eigenvalue weighted by molar-refractivity contribution is -0.118. The van der Waals surface area contributed by atoms with Crippen LogP contribution in [0.3, 0.4) is 0 Å². The van der Waals surface area contributed by atoms with Gasteiger partial charge in [-0.1, -0.05) is 49.4 Å². The third-order valence-corrected chi connectivity index (χ3v) is 5.12. The van der Waals surface area contributed by atoms with Crippen molar-refractivity contribution in [1.29, 1.82) is 0 Å². The molecule has 0 aliphatic carbocycles. The molecule has 0 saturated carbocycles. The van der Waals surface area contributed by atoms with Crippen molar-refractivity contribution in [3.8, 4) is 0 Å². The average Bonchev–Trinajstić information content (AvgIpc) is 3.20. The summed E-state index contributed by atoms with van der Waals surface area (Å²) in [5, 5.41) is 2.93. The van der Waals surface area contributed by atoms with E-state index in [2.05, 4.69) is 15.1 Å². The molecule has 0 aliphatic rings. The minimum absolute atomic E-state index is 0.183. The van der Waals surface area contributed by atoms with Crippen molar-refractivity contribution in [2.45, 2.75) is 33.2 Å². The number of anilines is 1. The highest BCUT2D eigenvalue weighted by Crippen LogP contribution is 2.16. The molecule has 8 heteroatoms. The largest absolute Gasteiger partial charge is 0.277 e. The van der Waals surface area contributed by atoms with Gasteiger partial charge in [0, 0.05) is 18.4 Å². The molecular formula is C23H22FN5O2. The molecule has 0 unspecified atom stereocenters. The molecule has 4 aromatic rings. The van der Waals surface area contributed by atoms with Crippen molar-refractivity contribution in [2.75, 3.05) is 4.90 Å². The highest BCUT2D eigenvalue weighted by Gasteiger charge is 2.21. The summed E-state index contributed by atoms with van der Waals surface area (Å²) in [6.07, 6.45) is 0.696. The maximum Gasteiger partial charge on any atom is 0.277 e. The number of nitrogens with one attached hydrogen (secondary N) is 1. The van der Waals surface area contributed by atoms with E-state index in [4.69, 9.17) is 0 Å². The second-order valence-electron chi connectivity index (χ2n) is 7.29. The summed E-state index contributed by atoms with van der Waals surface area (Å²) in [5.41, 5.74) is 2.65. The first-order chi connectivity index (χ1) is 15.0. The SMILES string of the molecule is CCC(=O)N(Cc1ccc(F)cc1)c1nc2nc(C)c(Cc3ccccc3)c(=O)n2[nH]1. The number of H-pyrrole nitrogens is 1. The Morgan fingerprint density at radius 1 is 1.06 bits per heavy atom. The molecule has 31 heavy (non-hydrogen) atoms. The lowest BCUT2D eigenvalue weighted by atomic mass is 10.1. The fraction of sp³-hybridized carbons (Fsp3) is 0.217. The smallest absolute Gasteiger partial charge is 0.277 e. The van der Waals surface area contributed by atoms with Gasteiger partial charge in [0.1, 0.15) is 5.82 Å². The second kappa shape index (κ2) is 8.51. The van der Waals surface area contributed by atoms with E-state index < -0.39 is 0 Å². The normalized spacial score (nSPS) is 11.1. The Bertz CT molecular complexity index is 1280. The van der Waals surface area contributed by atoms with E-state index in [9.17, 15) is 14.0 Å². The van der Waals surface area contributed by atoms with Gasteiger partial charge in [0.05, 0.1) is 12.2 Å². The van der Waals surface area contributed by atoms with Crippen molar-refractivity contribution in [1.82, 2.24) is 19.6 Å². The number of hydrogen-bond acceptors (Lipinski definition) is 4. The van der Waals surface area contributed by atoms with E-state index in [0.717, 1.165) is 11.1 Å². The summed E-state index contributed by atoms with van der Waals surface area (Å²) in [6, 6.07) is 15.6. The molecule has 0 atom stereocenters. The minimum Gasteiger partial charge on any atom is -0.277 e. The quantitative estimate of drug-likeness (QED) is 0.519. The minimum atomic E-state index is -0.349. The predicted octanol–water partition coefficient (Wildman–Crippen LogP) is 3.40. The Morgan fingerprint density at radius 3 is 2.45 bits per heavy atom. The van der Waals surface area contributed by atoms with Crippen LogP contribution in [0, 0.1) is 12.7 Å². The molecule has 1 amide bonds. The van der Waals surface area contributed by atoms with Gasteiger partial charge in [-0.2, -0.15) is 9.50 Å². The number of aromatic amines is 1. The van der Waals surface area contributed by atoms with Crippen LogP contribution in [0.25, 0.3) is 5.78 Å². The van der Waals surface area contributed by atoms with Gasteiger partial charge >= 0.3 is 0 Å². The van der Waals surface area contributed by atoms with E-state index in [-0.39, 0.29) is 42.0 Å². The van der Waals surface area contributed by atoms with Gasteiger partial charge < -0.3 is 0 Å². The monoisotopic (exact) mass is 419 g/mol. The summed E-state index contributed by atoms with van der Waals surface area (Å²) in [5.74, 6) is -0.116. The van der Waals surface area contributed by atoms with Crippen molar-refractivity contribution in [3.63, 3.8) is 0 Å². The molecule has 0 fully saturated rings. The first-order valence-corrected chi connectivity index (χ1v) is 10.0. The molecular weight excluding hydrogens is 397 g/mol. The van der Waals surface area contributed by atoms with E-state index in [1.165, 1.54) is 21.5 Å². The number of halogens is 1. The van der Waals surface area contributed by atoms with Gasteiger partial charge in [0.25, 0.3) is 11.3 Å². The zero-order valence-electron chi connectivity index (χ0n) is 17.3. The van der Waals surface area contributed by atoms with Crippen molar-refractivity contribution >= 4 is 17.6 Å². The number of fused-ring (bicyclic) bond motifs is 1. The standard InChI is InChI=1S/C23H22FN5O2/c1-3-20(30)28(14-17-9-11-18(24)12-10-17)23-26-22-25-15(2)19(21(31)29(22)27-23)13-16-7-5-4-6-8-16/h4-12H,3,13-14H2,1-2H3,(H,25,26,27). The first kappa shape index (κ1) is 20.5. The Labute approximate surface area is 178 Å². The third kappa shape index (κ3) is 4.23. The molecule has 2 heterocycles. The number of benzene rings is 2. The molecule has 1 N–H and O–H groups in total. The molecule has 0 bridgehead atoms. The van der Waals surface area contributed by atoms with Crippen molar-refractivity contribution < 1.29 is 9.18 Å². The van der Waals surface area contributed by atoms with Gasteiger partial charge in [-0.3, -0.25) is 19.6 Å². The number of nitrogens with zero attached hydrogens (tertiary/aromatic N) is 4. The van der Waals surface area contributed by atoms with E-state index in [0.29, 0.717) is 17.7 Å². The number of carbonyl (C=O) groups is 1. The van der Waals surface area contributed by atoms with Gasteiger partial charge in [0.15, 0.2) is 0 Å². The maximum atomic E-state index is 13.2. The Kier molecular flexibility index (Phi) is 5.62. The van der Waals surface area contributed by atoms with E-state index >= 15 is 0 Å². The van der Waals surface area contributed by atoms with Gasteiger partial charge in [-0.05, 0) is 30.2 Å². The van der Waals surface area contributed by atoms with Gasteiger partial charge in [0.2, 0.25) is 11.9 Å². The molecule has 0 spiro atoms. The summed E-state index contributed by atoms with van der Waals surface area (Å²) in [6.45, 7) is 3.72. The van der Waals surface area contributed by atoms with Gasteiger partial charge in [-0.25, -0.2) is 9.37 Å². The summed E-state index contributed by atoms with van der Waals surface area (Å²) in [4.78, 5) is 36.0. The van der Waals surface area contributed by atoms with Crippen molar-refractivity contribution in [2.24, 2.45) is 0 Å². The Hall–Kier alpha value is -3.81. The van der Waals surface area contributed by atoms with Crippen LogP contribution in [0.1, 0.15) is 35.7 Å². The molecule has 2 aromatic heterocycles. The van der Waals surface area contributed by atoms with E-state index in [1.807, 2.05) is 30.3 Å². The summed E-state index contributed by atoms with van der Waals surface area (Å²) in [7, 11) is 0. The first-order valence-electron chi connectivity index (χ1n) is 10.0. The molecule has 0 saturated heterocycles. The average molecular weight is 419 g/mol. The van der Waals surface area contributed by atoms with Crippen LogP contribution < -0.4 is 10.5 Å². The number of amides is 1. The van der Waals surface area contributed by atoms with Crippen LogP contribution in [0.2, 0.25) is 0 Å². The number of hydrogen-bond donors (Lipinski definition) is 1. The fourth-order valence-corrected chi connectivity index (χ4v) is 3.41. The lowest BCUT2D eigenvalue weighted by Crippen LogP contribution is -2.31. The zero-order chi connectivity index (χ0) is 22.0. The zero-order valence-corrected chi connectivity index (χ0v) is 17.3. The molecule has 0 radical (unpaired) electrons. The van der Waals surface area contributed by atoms with Crippen molar-refractivity contribution in [3.05, 3.63) is 93.2 Å². The maximum absolute atomic E-state index is 13.2.